The number of hydrogen-bond donors (Lipinski definition) is 0. The van der Waals surface area contributed by atoms with E-state index in [0.29, 0.717) is 6.08 Å². The fraction of sp³-hybridized carbons (Fsp3) is 0.0833. The molecular formula is C24H10F12Ga-. The summed E-state index contributed by atoms with van der Waals surface area (Å²) in [7, 11) is 0. The van der Waals surface area contributed by atoms with Gasteiger partial charge in [0.05, 0.1) is 0 Å². The van der Waals surface area contributed by atoms with Gasteiger partial charge in [-0.25, -0.2) is 0 Å². The van der Waals surface area contributed by atoms with Gasteiger partial charge >= 0.3 is 203 Å². The first kappa shape index (κ1) is 27.0. The third kappa shape index (κ3) is 4.37. The van der Waals surface area contributed by atoms with Crippen LogP contribution in [0.15, 0.2) is 58.3 Å². The second-order valence-corrected chi connectivity index (χ2v) is 17.7. The van der Waals surface area contributed by atoms with Crippen molar-refractivity contribution >= 4 is 27.4 Å². The van der Waals surface area contributed by atoms with Crippen LogP contribution in [0.3, 0.4) is 0 Å². The van der Waals surface area contributed by atoms with Crippen LogP contribution in [0.1, 0.15) is 6.42 Å². The number of alkyl halides is 1. The summed E-state index contributed by atoms with van der Waals surface area (Å²) in [4.78, 5) is 0. The van der Waals surface area contributed by atoms with Gasteiger partial charge in [-0.15, -0.1) is 0 Å². The standard InChI is InChI=1S/C6H4F3.3C6H2F3.Ga/c4*7-4-2-1-3-5(8)6(4)9;/h2,5H,3H2;3*2-3H;/q;;;;-1. The average molecular weight is 596 g/mol. The molecule has 1 aliphatic carbocycles. The van der Waals surface area contributed by atoms with Gasteiger partial charge in [-0.2, -0.15) is 0 Å². The Labute approximate surface area is 203 Å². The van der Waals surface area contributed by atoms with Crippen LogP contribution in [0.4, 0.5) is 52.7 Å². The van der Waals surface area contributed by atoms with E-state index in [1.165, 1.54) is 0 Å². The van der Waals surface area contributed by atoms with Gasteiger partial charge in [0.25, 0.3) is 0 Å². The van der Waals surface area contributed by atoms with Crippen molar-refractivity contribution in [2.45, 2.75) is 12.6 Å². The Morgan fingerprint density at radius 2 is 0.811 bits per heavy atom. The SMILES string of the molecule is FC1=C(F)C(F)C[C]([Ga-]([c]2cc(F)c(F)c(F)c2)([c]2cc(F)c(F)c(F)c2)[c]2cc(F)c(F)c(F)c2)=C1. The van der Waals surface area contributed by atoms with Crippen molar-refractivity contribution in [1.29, 1.82) is 0 Å². The van der Waals surface area contributed by atoms with Gasteiger partial charge in [-0.1, -0.05) is 0 Å². The summed E-state index contributed by atoms with van der Waals surface area (Å²) in [6.07, 6.45) is -3.58. The van der Waals surface area contributed by atoms with Crippen LogP contribution >= 0.6 is 0 Å². The molecule has 0 aromatic heterocycles. The van der Waals surface area contributed by atoms with Crippen molar-refractivity contribution in [2.24, 2.45) is 0 Å². The van der Waals surface area contributed by atoms with Gasteiger partial charge in [-0.3, -0.25) is 0 Å². The zero-order valence-corrected chi connectivity index (χ0v) is 20.4. The number of benzene rings is 3. The molecule has 0 bridgehead atoms. The third-order valence-corrected chi connectivity index (χ3v) is 17.9. The van der Waals surface area contributed by atoms with Crippen LogP contribution < -0.4 is 12.4 Å². The van der Waals surface area contributed by atoms with Crippen molar-refractivity contribution in [3.05, 3.63) is 111 Å². The van der Waals surface area contributed by atoms with Gasteiger partial charge < -0.3 is 0 Å². The molecule has 0 fully saturated rings. The average Bonchev–Trinajstić information content (AvgIpc) is 2.83. The summed E-state index contributed by atoms with van der Waals surface area (Å²) >= 11 is -6.18. The molecule has 13 heteroatoms. The van der Waals surface area contributed by atoms with Crippen LogP contribution in [0.2, 0.25) is 0 Å². The molecule has 1 unspecified atom stereocenters. The second-order valence-electron chi connectivity index (χ2n) is 8.35. The monoisotopic (exact) mass is 595 g/mol. The molecule has 0 nitrogen and oxygen atoms in total. The minimum atomic E-state index is -6.18. The van der Waals surface area contributed by atoms with Crippen molar-refractivity contribution < 1.29 is 52.7 Å². The quantitative estimate of drug-likeness (QED) is 0.204. The Bertz CT molecular complexity index is 1280. The molecule has 3 aromatic carbocycles. The fourth-order valence-corrected chi connectivity index (χ4v) is 16.8. The molecule has 0 heterocycles. The van der Waals surface area contributed by atoms with Gasteiger partial charge in [0, 0.05) is 0 Å². The van der Waals surface area contributed by atoms with E-state index in [1.54, 1.807) is 0 Å². The summed E-state index contributed by atoms with van der Waals surface area (Å²) in [6, 6.07) is 1.61. The van der Waals surface area contributed by atoms with E-state index in [-0.39, 0.29) is 36.4 Å². The van der Waals surface area contributed by atoms with E-state index < -0.39 is 108 Å². The van der Waals surface area contributed by atoms with Crippen molar-refractivity contribution in [1.82, 2.24) is 0 Å². The van der Waals surface area contributed by atoms with Crippen LogP contribution in [0.25, 0.3) is 0 Å². The van der Waals surface area contributed by atoms with Crippen LogP contribution in [-0.4, -0.2) is 21.2 Å². The molecule has 0 radical (unpaired) electrons. The van der Waals surface area contributed by atoms with Crippen molar-refractivity contribution in [3.8, 4) is 0 Å². The normalized spacial score (nSPS) is 16.3. The number of rotatable bonds is 4. The van der Waals surface area contributed by atoms with E-state index in [2.05, 4.69) is 0 Å². The maximum atomic E-state index is 14.5. The summed E-state index contributed by atoms with van der Waals surface area (Å²) in [5.74, 6) is -21.3. The topological polar surface area (TPSA) is 0 Å². The van der Waals surface area contributed by atoms with Crippen LogP contribution in [-0.2, 0) is 0 Å². The molecule has 1 aliphatic rings. The molecule has 0 spiro atoms. The van der Waals surface area contributed by atoms with Gasteiger partial charge in [-0.05, 0) is 0 Å². The predicted octanol–water partition coefficient (Wildman–Crippen LogP) is 5.77. The van der Waals surface area contributed by atoms with E-state index in [9.17, 15) is 52.7 Å². The summed E-state index contributed by atoms with van der Waals surface area (Å²) in [5.41, 5.74) is 0. The van der Waals surface area contributed by atoms with Gasteiger partial charge in [0.15, 0.2) is 0 Å². The first-order valence-corrected chi connectivity index (χ1v) is 15.1. The second kappa shape index (κ2) is 9.67. The number of hydrogen-bond acceptors (Lipinski definition) is 0. The van der Waals surface area contributed by atoms with E-state index >= 15 is 0 Å². The summed E-state index contributed by atoms with van der Waals surface area (Å²) < 4.78 is 168. The minimum absolute atomic E-state index is 0.268. The Morgan fingerprint density at radius 1 is 0.514 bits per heavy atom. The van der Waals surface area contributed by atoms with Crippen LogP contribution in [0, 0.1) is 52.4 Å². The molecule has 3 aromatic rings. The number of allylic oxidation sites excluding steroid dienone is 4. The fourth-order valence-electron chi connectivity index (χ4n) is 4.73. The molecule has 0 N–H and O–H groups in total. The van der Waals surface area contributed by atoms with E-state index in [1.807, 2.05) is 0 Å². The Balaban J connectivity index is 2.28. The Kier molecular flexibility index (Phi) is 7.05. The van der Waals surface area contributed by atoms with Crippen molar-refractivity contribution in [3.63, 3.8) is 0 Å². The maximum absolute atomic E-state index is 14.5. The molecule has 0 aliphatic heterocycles. The molecule has 0 saturated carbocycles. The summed E-state index contributed by atoms with van der Waals surface area (Å²) in [6.45, 7) is 0. The zero-order valence-electron chi connectivity index (χ0n) is 17.9. The Morgan fingerprint density at radius 3 is 1.08 bits per heavy atom. The summed E-state index contributed by atoms with van der Waals surface area (Å²) in [5, 5.41) is 0. The molecule has 37 heavy (non-hydrogen) atoms. The first-order chi connectivity index (χ1) is 17.3. The molecule has 0 saturated heterocycles. The Hall–Kier alpha value is -3.06. The zero-order chi connectivity index (χ0) is 27.4. The molecule has 1 atom stereocenters. The molecule has 0 amide bonds. The third-order valence-electron chi connectivity index (χ3n) is 6.30. The molecular weight excluding hydrogens is 586 g/mol. The van der Waals surface area contributed by atoms with Gasteiger partial charge in [0.1, 0.15) is 0 Å². The van der Waals surface area contributed by atoms with E-state index in [4.69, 9.17) is 0 Å². The molecule has 4 rings (SSSR count). The van der Waals surface area contributed by atoms with E-state index in [0.717, 1.165) is 0 Å². The van der Waals surface area contributed by atoms with Crippen LogP contribution in [0.5, 0.6) is 0 Å². The van der Waals surface area contributed by atoms with Gasteiger partial charge in [0.2, 0.25) is 0 Å². The molecule has 194 valence electrons. The number of halogens is 12. The predicted molar refractivity (Wildman–Crippen MR) is 110 cm³/mol. The van der Waals surface area contributed by atoms with Crippen molar-refractivity contribution in [2.75, 3.05) is 0 Å². The first-order valence-electron chi connectivity index (χ1n) is 10.3.